The van der Waals surface area contributed by atoms with Crippen molar-refractivity contribution in [2.75, 3.05) is 41.7 Å². The van der Waals surface area contributed by atoms with Crippen LogP contribution >= 0.6 is 0 Å². The van der Waals surface area contributed by atoms with Crippen molar-refractivity contribution in [1.82, 2.24) is 9.97 Å². The maximum Gasteiger partial charge on any atom is 0.232 e. The summed E-state index contributed by atoms with van der Waals surface area (Å²) in [5.74, 6) is 0.621. The van der Waals surface area contributed by atoms with Gasteiger partial charge in [0.15, 0.2) is 0 Å². The van der Waals surface area contributed by atoms with Gasteiger partial charge in [-0.15, -0.1) is 0 Å². The van der Waals surface area contributed by atoms with E-state index >= 15 is 0 Å². The maximum atomic E-state index is 11.4. The van der Waals surface area contributed by atoms with Gasteiger partial charge in [-0.3, -0.25) is 4.72 Å². The minimum absolute atomic E-state index is 0.0260. The summed E-state index contributed by atoms with van der Waals surface area (Å²) in [6.07, 6.45) is 2.95. The van der Waals surface area contributed by atoms with Crippen LogP contribution in [0.25, 0.3) is 0 Å². The van der Waals surface area contributed by atoms with Crippen LogP contribution in [0.4, 0.5) is 11.6 Å². The Morgan fingerprint density at radius 1 is 1.33 bits per heavy atom. The molecule has 18 heavy (non-hydrogen) atoms. The van der Waals surface area contributed by atoms with Crippen LogP contribution in [-0.4, -0.2) is 50.4 Å². The SMILES string of the molecule is CCS(=O)(=O)Nc1cnc(N2CCOCC2)nc1. The summed E-state index contributed by atoms with van der Waals surface area (Å²) in [5, 5.41) is 0. The van der Waals surface area contributed by atoms with Crippen molar-refractivity contribution < 1.29 is 13.2 Å². The van der Waals surface area contributed by atoms with Gasteiger partial charge >= 0.3 is 0 Å². The van der Waals surface area contributed by atoms with Gasteiger partial charge in [0.2, 0.25) is 16.0 Å². The van der Waals surface area contributed by atoms with Gasteiger partial charge in [-0.25, -0.2) is 18.4 Å². The van der Waals surface area contributed by atoms with Crippen LogP contribution in [0.15, 0.2) is 12.4 Å². The summed E-state index contributed by atoms with van der Waals surface area (Å²) < 4.78 is 30.4. The van der Waals surface area contributed by atoms with Crippen LogP contribution in [0.5, 0.6) is 0 Å². The third-order valence-electron chi connectivity index (χ3n) is 2.59. The summed E-state index contributed by atoms with van der Waals surface area (Å²) in [7, 11) is -3.27. The fourth-order valence-electron chi connectivity index (χ4n) is 1.55. The molecule has 7 nitrogen and oxygen atoms in total. The molecule has 1 aliphatic rings. The van der Waals surface area contributed by atoms with Gasteiger partial charge in [0, 0.05) is 13.1 Å². The van der Waals surface area contributed by atoms with Crippen molar-refractivity contribution in [1.29, 1.82) is 0 Å². The molecule has 8 heteroatoms. The first-order valence-electron chi connectivity index (χ1n) is 5.76. The average molecular weight is 272 g/mol. The topological polar surface area (TPSA) is 84.4 Å². The van der Waals surface area contributed by atoms with E-state index in [0.29, 0.717) is 24.8 Å². The first-order chi connectivity index (χ1) is 8.61. The molecule has 1 fully saturated rings. The second-order valence-corrected chi connectivity index (χ2v) is 5.89. The average Bonchev–Trinajstić information content (AvgIpc) is 2.40. The van der Waals surface area contributed by atoms with Crippen LogP contribution in [-0.2, 0) is 14.8 Å². The van der Waals surface area contributed by atoms with E-state index in [-0.39, 0.29) is 5.75 Å². The Morgan fingerprint density at radius 3 is 2.50 bits per heavy atom. The second kappa shape index (κ2) is 5.49. The number of aromatic nitrogens is 2. The Labute approximate surface area is 106 Å². The largest absolute Gasteiger partial charge is 0.378 e. The van der Waals surface area contributed by atoms with Crippen molar-refractivity contribution >= 4 is 21.7 Å². The molecule has 0 bridgehead atoms. The number of anilines is 2. The van der Waals surface area contributed by atoms with Gasteiger partial charge in [0.05, 0.1) is 37.0 Å². The predicted molar refractivity (Wildman–Crippen MR) is 68.1 cm³/mol. The third kappa shape index (κ3) is 3.30. The summed E-state index contributed by atoms with van der Waals surface area (Å²) in [6.45, 7) is 4.40. The van der Waals surface area contributed by atoms with Gasteiger partial charge < -0.3 is 9.64 Å². The number of nitrogens with one attached hydrogen (secondary N) is 1. The lowest BCUT2D eigenvalue weighted by atomic mass is 10.4. The molecule has 0 aliphatic carbocycles. The molecule has 0 spiro atoms. The minimum Gasteiger partial charge on any atom is -0.378 e. The molecule has 0 amide bonds. The van der Waals surface area contributed by atoms with Crippen LogP contribution in [0.3, 0.4) is 0 Å². The normalized spacial score (nSPS) is 16.6. The van der Waals surface area contributed by atoms with E-state index in [0.717, 1.165) is 13.1 Å². The van der Waals surface area contributed by atoms with Crippen LogP contribution in [0.2, 0.25) is 0 Å². The lowest BCUT2D eigenvalue weighted by Crippen LogP contribution is -2.37. The van der Waals surface area contributed by atoms with Crippen molar-refractivity contribution in [2.24, 2.45) is 0 Å². The fraction of sp³-hybridized carbons (Fsp3) is 0.600. The highest BCUT2D eigenvalue weighted by atomic mass is 32.2. The monoisotopic (exact) mass is 272 g/mol. The van der Waals surface area contributed by atoms with E-state index in [4.69, 9.17) is 4.74 Å². The molecule has 0 saturated carbocycles. The molecule has 0 unspecified atom stereocenters. The Hall–Kier alpha value is -1.41. The van der Waals surface area contributed by atoms with Crippen LogP contribution in [0.1, 0.15) is 6.92 Å². The fourth-order valence-corrected chi connectivity index (χ4v) is 2.16. The predicted octanol–water partition coefficient (Wildman–Crippen LogP) is 0.0748. The molecule has 1 aromatic rings. The van der Waals surface area contributed by atoms with E-state index in [9.17, 15) is 8.42 Å². The van der Waals surface area contributed by atoms with Gasteiger partial charge in [-0.1, -0.05) is 0 Å². The lowest BCUT2D eigenvalue weighted by molar-refractivity contribution is 0.122. The number of hydrogen-bond donors (Lipinski definition) is 1. The van der Waals surface area contributed by atoms with Gasteiger partial charge in [-0.2, -0.15) is 0 Å². The Morgan fingerprint density at radius 2 is 1.94 bits per heavy atom. The molecule has 1 saturated heterocycles. The third-order valence-corrected chi connectivity index (χ3v) is 3.89. The number of nitrogens with zero attached hydrogens (tertiary/aromatic N) is 3. The molecule has 0 radical (unpaired) electrons. The van der Waals surface area contributed by atoms with Gasteiger partial charge in [-0.05, 0) is 6.92 Å². The van der Waals surface area contributed by atoms with E-state index in [1.54, 1.807) is 6.92 Å². The Balaban J connectivity index is 2.05. The first-order valence-corrected chi connectivity index (χ1v) is 7.41. The summed E-state index contributed by atoms with van der Waals surface area (Å²) in [4.78, 5) is 10.3. The molecule has 2 heterocycles. The molecule has 100 valence electrons. The number of rotatable bonds is 4. The quantitative estimate of drug-likeness (QED) is 0.835. The molecule has 0 aromatic carbocycles. The first kappa shape index (κ1) is 13.0. The lowest BCUT2D eigenvalue weighted by Gasteiger charge is -2.26. The molecular formula is C10H16N4O3S. The van der Waals surface area contributed by atoms with Crippen molar-refractivity contribution in [3.63, 3.8) is 0 Å². The Kier molecular flexibility index (Phi) is 3.97. The summed E-state index contributed by atoms with van der Waals surface area (Å²) >= 11 is 0. The number of morpholine rings is 1. The van der Waals surface area contributed by atoms with E-state index in [1.165, 1.54) is 12.4 Å². The molecule has 2 rings (SSSR count). The minimum atomic E-state index is -3.27. The number of ether oxygens (including phenoxy) is 1. The van der Waals surface area contributed by atoms with Crippen molar-refractivity contribution in [3.05, 3.63) is 12.4 Å². The van der Waals surface area contributed by atoms with Crippen molar-refractivity contribution in [3.8, 4) is 0 Å². The molecule has 1 aliphatic heterocycles. The van der Waals surface area contributed by atoms with E-state index in [2.05, 4.69) is 14.7 Å². The summed E-state index contributed by atoms with van der Waals surface area (Å²) in [5.41, 5.74) is 0.383. The highest BCUT2D eigenvalue weighted by molar-refractivity contribution is 7.92. The van der Waals surface area contributed by atoms with Gasteiger partial charge in [0.1, 0.15) is 0 Å². The summed E-state index contributed by atoms with van der Waals surface area (Å²) in [6, 6.07) is 0. The number of hydrogen-bond acceptors (Lipinski definition) is 6. The maximum absolute atomic E-state index is 11.4. The second-order valence-electron chi connectivity index (χ2n) is 3.88. The van der Waals surface area contributed by atoms with Crippen LogP contribution in [0, 0.1) is 0 Å². The van der Waals surface area contributed by atoms with E-state index < -0.39 is 10.0 Å². The Bertz CT molecular complexity index is 482. The highest BCUT2D eigenvalue weighted by Crippen LogP contribution is 2.12. The van der Waals surface area contributed by atoms with E-state index in [1.807, 2.05) is 4.90 Å². The molecule has 0 atom stereocenters. The number of sulfonamides is 1. The highest BCUT2D eigenvalue weighted by Gasteiger charge is 2.14. The zero-order chi connectivity index (χ0) is 13.0. The van der Waals surface area contributed by atoms with Gasteiger partial charge in [0.25, 0.3) is 0 Å². The molecule has 1 aromatic heterocycles. The zero-order valence-corrected chi connectivity index (χ0v) is 11.0. The standard InChI is InChI=1S/C10H16N4O3S/c1-2-18(15,16)13-9-7-11-10(12-8-9)14-3-5-17-6-4-14/h7-8,13H,2-6H2,1H3. The van der Waals surface area contributed by atoms with Crippen LogP contribution < -0.4 is 9.62 Å². The smallest absolute Gasteiger partial charge is 0.232 e. The molecule has 1 N–H and O–H groups in total. The zero-order valence-electron chi connectivity index (χ0n) is 10.2. The van der Waals surface area contributed by atoms with Crippen molar-refractivity contribution in [2.45, 2.75) is 6.92 Å². The molecular weight excluding hydrogens is 256 g/mol.